The Labute approximate surface area is 106 Å². The van der Waals surface area contributed by atoms with E-state index in [0.29, 0.717) is 12.0 Å². The van der Waals surface area contributed by atoms with Crippen LogP contribution in [0.1, 0.15) is 58.8 Å². The summed E-state index contributed by atoms with van der Waals surface area (Å²) in [5.74, 6) is 1.17. The van der Waals surface area contributed by atoms with Crippen LogP contribution in [0.5, 0.6) is 0 Å². The highest BCUT2D eigenvalue weighted by Crippen LogP contribution is 2.28. The predicted octanol–water partition coefficient (Wildman–Crippen LogP) is 2.45. The van der Waals surface area contributed by atoms with E-state index in [0.717, 1.165) is 51.5 Å². The van der Waals surface area contributed by atoms with Crippen molar-refractivity contribution in [2.45, 2.75) is 64.8 Å². The third-order valence-electron chi connectivity index (χ3n) is 4.03. The van der Waals surface area contributed by atoms with Crippen LogP contribution >= 0.6 is 0 Å². The number of nitrogens with one attached hydrogen (secondary N) is 1. The van der Waals surface area contributed by atoms with E-state index in [4.69, 9.17) is 5.73 Å². The number of amides is 1. The van der Waals surface area contributed by atoms with Gasteiger partial charge in [-0.1, -0.05) is 20.3 Å². The molecule has 0 saturated heterocycles. The van der Waals surface area contributed by atoms with Crippen LogP contribution in [0.15, 0.2) is 0 Å². The summed E-state index contributed by atoms with van der Waals surface area (Å²) < 4.78 is 0. The molecule has 3 N–H and O–H groups in total. The van der Waals surface area contributed by atoms with Gasteiger partial charge in [0.1, 0.15) is 0 Å². The Hall–Kier alpha value is -0.570. The van der Waals surface area contributed by atoms with Gasteiger partial charge in [0.2, 0.25) is 5.91 Å². The Morgan fingerprint density at radius 3 is 2.41 bits per heavy atom. The standard InChI is InChI=1S/C14H28N2O/c1-3-5-13(4-2)16-14(17)12-8-6-11(10-15)7-9-12/h11-13H,3-10,15H2,1-2H3,(H,16,17). The van der Waals surface area contributed by atoms with Gasteiger partial charge in [-0.05, 0) is 51.0 Å². The molecule has 1 atom stereocenters. The fourth-order valence-corrected chi connectivity index (χ4v) is 2.71. The van der Waals surface area contributed by atoms with Gasteiger partial charge in [-0.2, -0.15) is 0 Å². The molecule has 1 aliphatic rings. The quantitative estimate of drug-likeness (QED) is 0.749. The smallest absolute Gasteiger partial charge is 0.223 e. The molecule has 17 heavy (non-hydrogen) atoms. The molecule has 0 heterocycles. The first-order valence-corrected chi connectivity index (χ1v) is 7.21. The molecule has 100 valence electrons. The van der Waals surface area contributed by atoms with E-state index in [1.54, 1.807) is 0 Å². The minimum atomic E-state index is 0.240. The van der Waals surface area contributed by atoms with Gasteiger partial charge >= 0.3 is 0 Å². The van der Waals surface area contributed by atoms with Crippen molar-refractivity contribution in [2.24, 2.45) is 17.6 Å². The van der Waals surface area contributed by atoms with Gasteiger partial charge in [-0.3, -0.25) is 4.79 Å². The van der Waals surface area contributed by atoms with Crippen LogP contribution in [-0.4, -0.2) is 18.5 Å². The first-order valence-electron chi connectivity index (χ1n) is 7.21. The number of nitrogens with two attached hydrogens (primary N) is 1. The first-order chi connectivity index (χ1) is 8.21. The van der Waals surface area contributed by atoms with E-state index in [-0.39, 0.29) is 11.8 Å². The van der Waals surface area contributed by atoms with Gasteiger partial charge in [-0.25, -0.2) is 0 Å². The Kier molecular flexibility index (Phi) is 6.56. The van der Waals surface area contributed by atoms with Crippen molar-refractivity contribution in [3.8, 4) is 0 Å². The molecule has 0 aliphatic heterocycles. The SMILES string of the molecule is CCCC(CC)NC(=O)C1CCC(CN)CC1. The summed E-state index contributed by atoms with van der Waals surface area (Å²) in [5, 5.41) is 3.20. The zero-order valence-corrected chi connectivity index (χ0v) is 11.4. The number of carbonyl (C=O) groups is 1. The van der Waals surface area contributed by atoms with Crippen molar-refractivity contribution < 1.29 is 4.79 Å². The molecule has 0 spiro atoms. The molecule has 1 rings (SSSR count). The molecule has 0 aromatic rings. The van der Waals surface area contributed by atoms with E-state index in [2.05, 4.69) is 19.2 Å². The monoisotopic (exact) mass is 240 g/mol. The lowest BCUT2D eigenvalue weighted by Crippen LogP contribution is -2.40. The molecule has 0 bridgehead atoms. The van der Waals surface area contributed by atoms with Crippen LogP contribution in [-0.2, 0) is 4.79 Å². The van der Waals surface area contributed by atoms with E-state index >= 15 is 0 Å². The average molecular weight is 240 g/mol. The number of hydrogen-bond donors (Lipinski definition) is 2. The molecule has 1 amide bonds. The molecule has 0 aromatic heterocycles. The third kappa shape index (κ3) is 4.66. The summed E-state index contributed by atoms with van der Waals surface area (Å²) in [5.41, 5.74) is 5.67. The van der Waals surface area contributed by atoms with Crippen LogP contribution in [0.2, 0.25) is 0 Å². The third-order valence-corrected chi connectivity index (χ3v) is 4.03. The number of rotatable bonds is 6. The second-order valence-corrected chi connectivity index (χ2v) is 5.36. The fourth-order valence-electron chi connectivity index (χ4n) is 2.71. The lowest BCUT2D eigenvalue weighted by atomic mass is 9.81. The highest BCUT2D eigenvalue weighted by molar-refractivity contribution is 5.79. The second kappa shape index (κ2) is 7.70. The zero-order valence-electron chi connectivity index (χ0n) is 11.4. The highest BCUT2D eigenvalue weighted by atomic mass is 16.1. The van der Waals surface area contributed by atoms with Crippen molar-refractivity contribution in [2.75, 3.05) is 6.54 Å². The highest BCUT2D eigenvalue weighted by Gasteiger charge is 2.26. The first kappa shape index (κ1) is 14.5. The maximum Gasteiger partial charge on any atom is 0.223 e. The summed E-state index contributed by atoms with van der Waals surface area (Å²) in [4.78, 5) is 12.1. The molecule has 0 aromatic carbocycles. The molecule has 1 saturated carbocycles. The average Bonchev–Trinajstić information content (AvgIpc) is 2.38. The summed E-state index contributed by atoms with van der Waals surface area (Å²) in [6, 6.07) is 0.375. The summed E-state index contributed by atoms with van der Waals surface area (Å²) in [7, 11) is 0. The second-order valence-electron chi connectivity index (χ2n) is 5.36. The lowest BCUT2D eigenvalue weighted by molar-refractivity contribution is -0.127. The molecule has 1 aliphatic carbocycles. The predicted molar refractivity (Wildman–Crippen MR) is 71.6 cm³/mol. The van der Waals surface area contributed by atoms with Gasteiger partial charge in [-0.15, -0.1) is 0 Å². The lowest BCUT2D eigenvalue weighted by Gasteiger charge is -2.28. The minimum Gasteiger partial charge on any atom is -0.353 e. The van der Waals surface area contributed by atoms with E-state index < -0.39 is 0 Å². The molecule has 1 unspecified atom stereocenters. The Morgan fingerprint density at radius 2 is 1.94 bits per heavy atom. The van der Waals surface area contributed by atoms with Gasteiger partial charge in [0.15, 0.2) is 0 Å². The summed E-state index contributed by atoms with van der Waals surface area (Å²) >= 11 is 0. The Morgan fingerprint density at radius 1 is 1.29 bits per heavy atom. The Balaban J connectivity index is 2.32. The largest absolute Gasteiger partial charge is 0.353 e. The molecule has 0 radical (unpaired) electrons. The van der Waals surface area contributed by atoms with Crippen LogP contribution in [0.3, 0.4) is 0 Å². The molecule has 1 fully saturated rings. The molecular formula is C14H28N2O. The minimum absolute atomic E-state index is 0.240. The summed E-state index contributed by atoms with van der Waals surface area (Å²) in [6.45, 7) is 5.09. The maximum absolute atomic E-state index is 12.1. The number of hydrogen-bond acceptors (Lipinski definition) is 2. The van der Waals surface area contributed by atoms with Crippen LogP contribution in [0, 0.1) is 11.8 Å². The zero-order chi connectivity index (χ0) is 12.7. The van der Waals surface area contributed by atoms with Crippen molar-refractivity contribution in [1.29, 1.82) is 0 Å². The van der Waals surface area contributed by atoms with E-state index in [9.17, 15) is 4.79 Å². The van der Waals surface area contributed by atoms with Crippen LogP contribution in [0.25, 0.3) is 0 Å². The fraction of sp³-hybridized carbons (Fsp3) is 0.929. The normalized spacial score (nSPS) is 26.5. The molecule has 3 heteroatoms. The Bertz CT molecular complexity index is 222. The van der Waals surface area contributed by atoms with Crippen molar-refractivity contribution in [1.82, 2.24) is 5.32 Å². The van der Waals surface area contributed by atoms with Crippen LogP contribution in [0.4, 0.5) is 0 Å². The summed E-state index contributed by atoms with van der Waals surface area (Å²) in [6.07, 6.45) is 7.57. The van der Waals surface area contributed by atoms with Crippen molar-refractivity contribution >= 4 is 5.91 Å². The van der Waals surface area contributed by atoms with Gasteiger partial charge < -0.3 is 11.1 Å². The van der Waals surface area contributed by atoms with Gasteiger partial charge in [0.05, 0.1) is 0 Å². The van der Waals surface area contributed by atoms with E-state index in [1.165, 1.54) is 0 Å². The van der Waals surface area contributed by atoms with Crippen LogP contribution < -0.4 is 11.1 Å². The molecular weight excluding hydrogens is 212 g/mol. The molecule has 3 nitrogen and oxygen atoms in total. The topological polar surface area (TPSA) is 55.1 Å². The van der Waals surface area contributed by atoms with Crippen molar-refractivity contribution in [3.05, 3.63) is 0 Å². The maximum atomic E-state index is 12.1. The number of carbonyl (C=O) groups excluding carboxylic acids is 1. The van der Waals surface area contributed by atoms with E-state index in [1.807, 2.05) is 0 Å². The van der Waals surface area contributed by atoms with Crippen molar-refractivity contribution in [3.63, 3.8) is 0 Å². The van der Waals surface area contributed by atoms with Gasteiger partial charge in [0.25, 0.3) is 0 Å². The van der Waals surface area contributed by atoms with Gasteiger partial charge in [0, 0.05) is 12.0 Å².